The van der Waals surface area contributed by atoms with Gasteiger partial charge in [-0.2, -0.15) is 0 Å². The van der Waals surface area contributed by atoms with Gasteiger partial charge in [-0.25, -0.2) is 9.59 Å². The second-order valence-corrected chi connectivity index (χ2v) is 5.42. The predicted molar refractivity (Wildman–Crippen MR) is 93.7 cm³/mol. The van der Waals surface area contributed by atoms with E-state index in [0.717, 1.165) is 18.4 Å². The smallest absolute Gasteiger partial charge is 0.339 e. The maximum absolute atomic E-state index is 12.4. The molecule has 0 atom stereocenters. The lowest BCUT2D eigenvalue weighted by Gasteiger charge is -2.11. The van der Waals surface area contributed by atoms with Gasteiger partial charge in [0.2, 0.25) is 0 Å². The van der Waals surface area contributed by atoms with E-state index in [2.05, 4.69) is 0 Å². The number of hydrogen-bond acceptors (Lipinski definition) is 5. The molecule has 5 heteroatoms. The number of rotatable bonds is 8. The van der Waals surface area contributed by atoms with E-state index in [1.807, 2.05) is 25.1 Å². The van der Waals surface area contributed by atoms with Gasteiger partial charge in [0.15, 0.2) is 0 Å². The van der Waals surface area contributed by atoms with Gasteiger partial charge in [0.25, 0.3) is 0 Å². The van der Waals surface area contributed by atoms with Crippen molar-refractivity contribution >= 4 is 11.9 Å². The van der Waals surface area contributed by atoms with Gasteiger partial charge in [-0.05, 0) is 24.6 Å². The summed E-state index contributed by atoms with van der Waals surface area (Å²) in [4.78, 5) is 24.6. The summed E-state index contributed by atoms with van der Waals surface area (Å²) in [6.07, 6.45) is 1.71. The summed E-state index contributed by atoms with van der Waals surface area (Å²) in [7, 11) is 1.56. The van der Waals surface area contributed by atoms with Crippen LogP contribution in [0.2, 0.25) is 0 Å². The number of benzene rings is 2. The summed E-state index contributed by atoms with van der Waals surface area (Å²) in [6.45, 7) is 2.40. The molecule has 2 aromatic rings. The van der Waals surface area contributed by atoms with Crippen LogP contribution in [0.3, 0.4) is 0 Å². The average Bonchev–Trinajstić information content (AvgIpc) is 2.66. The summed E-state index contributed by atoms with van der Waals surface area (Å²) in [6, 6.07) is 13.8. The van der Waals surface area contributed by atoms with E-state index in [9.17, 15) is 9.59 Å². The molecule has 0 N–H and O–H groups in total. The van der Waals surface area contributed by atoms with E-state index in [-0.39, 0.29) is 17.7 Å². The molecule has 0 aliphatic heterocycles. The highest BCUT2D eigenvalue weighted by molar-refractivity contribution is 6.03. The summed E-state index contributed by atoms with van der Waals surface area (Å²) in [5, 5.41) is 0. The second-order valence-electron chi connectivity index (χ2n) is 5.42. The molecule has 0 amide bonds. The molecule has 5 nitrogen and oxygen atoms in total. The van der Waals surface area contributed by atoms with E-state index in [4.69, 9.17) is 14.2 Å². The van der Waals surface area contributed by atoms with Gasteiger partial charge in [-0.15, -0.1) is 0 Å². The topological polar surface area (TPSA) is 61.8 Å². The Labute approximate surface area is 147 Å². The minimum absolute atomic E-state index is 0.0576. The largest absolute Gasteiger partial charge is 0.496 e. The first-order valence-electron chi connectivity index (χ1n) is 8.22. The normalized spacial score (nSPS) is 10.2. The van der Waals surface area contributed by atoms with Crippen molar-refractivity contribution in [2.45, 2.75) is 26.4 Å². The van der Waals surface area contributed by atoms with Crippen LogP contribution in [-0.2, 0) is 16.1 Å². The molecule has 0 saturated carbocycles. The van der Waals surface area contributed by atoms with E-state index >= 15 is 0 Å². The molecule has 2 aromatic carbocycles. The first-order valence-corrected chi connectivity index (χ1v) is 8.22. The highest BCUT2D eigenvalue weighted by atomic mass is 16.5. The van der Waals surface area contributed by atoms with Crippen LogP contribution >= 0.6 is 0 Å². The van der Waals surface area contributed by atoms with Crippen molar-refractivity contribution < 1.29 is 23.8 Å². The van der Waals surface area contributed by atoms with Crippen LogP contribution in [0.5, 0.6) is 5.75 Å². The Balaban J connectivity index is 2.07. The minimum Gasteiger partial charge on any atom is -0.496 e. The number of hydrogen-bond donors (Lipinski definition) is 0. The Hall–Kier alpha value is -2.82. The Bertz CT molecular complexity index is 724. The highest BCUT2D eigenvalue weighted by Gasteiger charge is 2.19. The van der Waals surface area contributed by atoms with Gasteiger partial charge in [0.05, 0.1) is 24.8 Å². The van der Waals surface area contributed by atoms with Crippen molar-refractivity contribution in [3.05, 3.63) is 65.2 Å². The lowest BCUT2D eigenvalue weighted by Crippen LogP contribution is -2.14. The first kappa shape index (κ1) is 18.5. The third-order valence-corrected chi connectivity index (χ3v) is 3.65. The van der Waals surface area contributed by atoms with Crippen LogP contribution in [-0.4, -0.2) is 25.7 Å². The van der Waals surface area contributed by atoms with Gasteiger partial charge in [-0.3, -0.25) is 0 Å². The Morgan fingerprint density at radius 2 is 1.48 bits per heavy atom. The van der Waals surface area contributed by atoms with Crippen LogP contribution in [0.4, 0.5) is 0 Å². The maximum atomic E-state index is 12.4. The quantitative estimate of drug-likeness (QED) is 0.536. The van der Waals surface area contributed by atoms with Crippen LogP contribution in [0.25, 0.3) is 0 Å². The predicted octanol–water partition coefficient (Wildman–Crippen LogP) is 4.01. The fourth-order valence-corrected chi connectivity index (χ4v) is 2.27. The molecule has 0 spiro atoms. The molecule has 0 heterocycles. The van der Waals surface area contributed by atoms with E-state index < -0.39 is 11.9 Å². The van der Waals surface area contributed by atoms with E-state index in [1.54, 1.807) is 37.4 Å². The van der Waals surface area contributed by atoms with E-state index in [0.29, 0.717) is 12.4 Å². The Morgan fingerprint density at radius 1 is 0.880 bits per heavy atom. The molecule has 2 rings (SSSR count). The van der Waals surface area contributed by atoms with Crippen LogP contribution in [0, 0.1) is 0 Å². The molecule has 0 fully saturated rings. The Kier molecular flexibility index (Phi) is 7.01. The summed E-state index contributed by atoms with van der Waals surface area (Å²) >= 11 is 0. The second kappa shape index (κ2) is 9.47. The van der Waals surface area contributed by atoms with Crippen molar-refractivity contribution in [1.82, 2.24) is 0 Å². The van der Waals surface area contributed by atoms with Crippen molar-refractivity contribution in [2.24, 2.45) is 0 Å². The van der Waals surface area contributed by atoms with E-state index in [1.165, 1.54) is 0 Å². The van der Waals surface area contributed by atoms with Crippen LogP contribution < -0.4 is 4.74 Å². The molecule has 0 radical (unpaired) electrons. The highest BCUT2D eigenvalue weighted by Crippen LogP contribution is 2.19. The third-order valence-electron chi connectivity index (χ3n) is 3.65. The SMILES string of the molecule is CCCCOC(=O)c1ccccc1C(=O)OCc1ccccc1OC. The van der Waals surface area contributed by atoms with Gasteiger partial charge in [0, 0.05) is 5.56 Å². The maximum Gasteiger partial charge on any atom is 0.339 e. The van der Waals surface area contributed by atoms with Crippen molar-refractivity contribution in [3.63, 3.8) is 0 Å². The molecule has 0 unspecified atom stereocenters. The lowest BCUT2D eigenvalue weighted by molar-refractivity contribution is 0.0435. The number of esters is 2. The third kappa shape index (κ3) is 5.08. The fraction of sp³-hybridized carbons (Fsp3) is 0.300. The number of ether oxygens (including phenoxy) is 3. The molecule has 0 saturated heterocycles. The fourth-order valence-electron chi connectivity index (χ4n) is 2.27. The Morgan fingerprint density at radius 3 is 2.12 bits per heavy atom. The van der Waals surface area contributed by atoms with Gasteiger partial charge >= 0.3 is 11.9 Å². The molecule has 0 aliphatic carbocycles. The number of carbonyl (C=O) groups is 2. The molecule has 0 aromatic heterocycles. The molecule has 0 aliphatic rings. The molecule has 0 bridgehead atoms. The van der Waals surface area contributed by atoms with Crippen molar-refractivity contribution in [3.8, 4) is 5.75 Å². The van der Waals surface area contributed by atoms with Crippen LogP contribution in [0.1, 0.15) is 46.0 Å². The summed E-state index contributed by atoms with van der Waals surface area (Å²) in [5.74, 6) is -0.449. The summed E-state index contributed by atoms with van der Waals surface area (Å²) in [5.41, 5.74) is 1.16. The monoisotopic (exact) mass is 342 g/mol. The number of methoxy groups -OCH3 is 1. The number of unbranched alkanes of at least 4 members (excludes halogenated alkanes) is 1. The zero-order valence-electron chi connectivity index (χ0n) is 14.5. The van der Waals surface area contributed by atoms with Crippen molar-refractivity contribution in [2.75, 3.05) is 13.7 Å². The van der Waals surface area contributed by atoms with Gasteiger partial charge < -0.3 is 14.2 Å². The lowest BCUT2D eigenvalue weighted by atomic mass is 10.1. The zero-order chi connectivity index (χ0) is 18.1. The zero-order valence-corrected chi connectivity index (χ0v) is 14.5. The summed E-state index contributed by atoms with van der Waals surface area (Å²) < 4.78 is 15.8. The molecular formula is C20H22O5. The molecule has 25 heavy (non-hydrogen) atoms. The number of para-hydroxylation sites is 1. The van der Waals surface area contributed by atoms with Gasteiger partial charge in [-0.1, -0.05) is 43.7 Å². The van der Waals surface area contributed by atoms with Gasteiger partial charge in [0.1, 0.15) is 12.4 Å². The number of carbonyl (C=O) groups excluding carboxylic acids is 2. The average molecular weight is 342 g/mol. The standard InChI is InChI=1S/C20H22O5/c1-3-4-13-24-19(21)16-10-6-7-11-17(16)20(22)25-14-15-9-5-8-12-18(15)23-2/h5-12H,3-4,13-14H2,1-2H3. The molecule has 132 valence electrons. The molecular weight excluding hydrogens is 320 g/mol. The first-order chi connectivity index (χ1) is 12.2. The minimum atomic E-state index is -0.575. The van der Waals surface area contributed by atoms with Crippen molar-refractivity contribution in [1.29, 1.82) is 0 Å². The van der Waals surface area contributed by atoms with Crippen LogP contribution in [0.15, 0.2) is 48.5 Å².